The average Bonchev–Trinajstić information content (AvgIpc) is 2.69. The van der Waals surface area contributed by atoms with E-state index in [1.807, 2.05) is 12.1 Å². The van der Waals surface area contributed by atoms with Crippen LogP contribution >= 0.6 is 0 Å². The fraction of sp³-hybridized carbons (Fsp3) is 0.435. The summed E-state index contributed by atoms with van der Waals surface area (Å²) in [5.41, 5.74) is 5.81. The van der Waals surface area contributed by atoms with Gasteiger partial charge in [0.2, 0.25) is 5.91 Å². The number of hydrogen-bond donors (Lipinski definition) is 1. The molecule has 144 valence electrons. The minimum absolute atomic E-state index is 0.0541. The number of carbonyl (C=O) groups excluding carboxylic acids is 1. The molecule has 1 amide bonds. The lowest BCUT2D eigenvalue weighted by Gasteiger charge is -2.33. The van der Waals surface area contributed by atoms with Gasteiger partial charge in [-0.25, -0.2) is 0 Å². The molecule has 1 fully saturated rings. The molecule has 1 N–H and O–H groups in total. The molecular formula is C23H30N2O2. The van der Waals surface area contributed by atoms with Gasteiger partial charge in [-0.2, -0.15) is 0 Å². The second kappa shape index (κ2) is 9.05. The monoisotopic (exact) mass is 366 g/mol. The molecule has 1 unspecified atom stereocenters. The lowest BCUT2D eigenvalue weighted by atomic mass is 10.0. The molecule has 4 heteroatoms. The van der Waals surface area contributed by atoms with Gasteiger partial charge in [0.25, 0.3) is 0 Å². The largest absolute Gasteiger partial charge is 0.380 e. The van der Waals surface area contributed by atoms with Gasteiger partial charge in [0.15, 0.2) is 0 Å². The number of nitrogens with one attached hydrogen (secondary N) is 1. The number of methoxy groups -OCH3 is 1. The number of piperidine rings is 1. The first kappa shape index (κ1) is 19.4. The number of aryl methyl sites for hydroxylation is 3. The topological polar surface area (TPSA) is 41.6 Å². The van der Waals surface area contributed by atoms with Crippen molar-refractivity contribution in [2.45, 2.75) is 45.6 Å². The number of nitrogens with zero attached hydrogens (tertiary/aromatic N) is 1. The standard InChI is InChI=1S/C23H30N2O2/c1-17-6-7-19(15-18(17)2)8-13-23(26)24-20-9-11-21(12-10-20)25-14-4-5-22(16-25)27-3/h6-7,9-12,15,22H,4-5,8,13-14,16H2,1-3H3,(H,24,26). The average molecular weight is 367 g/mol. The highest BCUT2D eigenvalue weighted by molar-refractivity contribution is 5.91. The molecule has 2 aromatic carbocycles. The normalized spacial score (nSPS) is 17.0. The second-order valence-electron chi connectivity index (χ2n) is 7.46. The Kier molecular flexibility index (Phi) is 6.51. The van der Waals surface area contributed by atoms with E-state index in [-0.39, 0.29) is 5.91 Å². The summed E-state index contributed by atoms with van der Waals surface area (Å²) in [6.45, 7) is 6.20. The Morgan fingerprint density at radius 2 is 1.93 bits per heavy atom. The van der Waals surface area contributed by atoms with Crippen LogP contribution in [0.1, 0.15) is 36.0 Å². The Balaban J connectivity index is 1.51. The van der Waals surface area contributed by atoms with Crippen molar-refractivity contribution >= 4 is 17.3 Å². The van der Waals surface area contributed by atoms with Gasteiger partial charge in [-0.3, -0.25) is 4.79 Å². The van der Waals surface area contributed by atoms with Crippen LogP contribution in [0, 0.1) is 13.8 Å². The lowest BCUT2D eigenvalue weighted by Crippen LogP contribution is -2.39. The Hall–Kier alpha value is -2.33. The fourth-order valence-electron chi connectivity index (χ4n) is 3.56. The fourth-order valence-corrected chi connectivity index (χ4v) is 3.56. The molecule has 27 heavy (non-hydrogen) atoms. The molecule has 0 aliphatic carbocycles. The number of benzene rings is 2. The van der Waals surface area contributed by atoms with Gasteiger partial charge in [0.05, 0.1) is 6.10 Å². The number of ether oxygens (including phenoxy) is 1. The molecule has 1 saturated heterocycles. The van der Waals surface area contributed by atoms with Crippen LogP contribution in [0.4, 0.5) is 11.4 Å². The Morgan fingerprint density at radius 1 is 1.15 bits per heavy atom. The smallest absolute Gasteiger partial charge is 0.224 e. The van der Waals surface area contributed by atoms with Crippen molar-refractivity contribution < 1.29 is 9.53 Å². The zero-order chi connectivity index (χ0) is 19.2. The van der Waals surface area contributed by atoms with Gasteiger partial charge in [0.1, 0.15) is 0 Å². The minimum atomic E-state index is 0.0541. The van der Waals surface area contributed by atoms with Crippen LogP contribution in [-0.2, 0) is 16.0 Å². The van der Waals surface area contributed by atoms with E-state index in [1.165, 1.54) is 22.4 Å². The van der Waals surface area contributed by atoms with Gasteiger partial charge < -0.3 is 15.0 Å². The zero-order valence-electron chi connectivity index (χ0n) is 16.6. The van der Waals surface area contributed by atoms with E-state index in [2.05, 4.69) is 54.4 Å². The third-order valence-electron chi connectivity index (χ3n) is 5.44. The van der Waals surface area contributed by atoms with E-state index in [0.717, 1.165) is 38.0 Å². The van der Waals surface area contributed by atoms with Crippen molar-refractivity contribution in [2.75, 3.05) is 30.4 Å². The second-order valence-corrected chi connectivity index (χ2v) is 7.46. The molecule has 1 heterocycles. The summed E-state index contributed by atoms with van der Waals surface area (Å²) in [5, 5.41) is 3.01. The van der Waals surface area contributed by atoms with Crippen molar-refractivity contribution in [3.63, 3.8) is 0 Å². The summed E-state index contributed by atoms with van der Waals surface area (Å²) in [6.07, 6.45) is 3.84. The molecule has 3 rings (SSSR count). The first-order valence-electron chi connectivity index (χ1n) is 9.79. The van der Waals surface area contributed by atoms with Gasteiger partial charge in [-0.05, 0) is 74.1 Å². The third kappa shape index (κ3) is 5.33. The minimum Gasteiger partial charge on any atom is -0.380 e. The van der Waals surface area contributed by atoms with Crippen LogP contribution in [0.3, 0.4) is 0 Å². The highest BCUT2D eigenvalue weighted by Crippen LogP contribution is 2.23. The zero-order valence-corrected chi connectivity index (χ0v) is 16.6. The molecular weight excluding hydrogens is 336 g/mol. The van der Waals surface area contributed by atoms with Gasteiger partial charge in [-0.1, -0.05) is 18.2 Å². The Labute approximate surface area is 162 Å². The molecule has 0 saturated carbocycles. The van der Waals surface area contributed by atoms with Gasteiger partial charge in [0, 0.05) is 38.0 Å². The van der Waals surface area contributed by atoms with E-state index in [9.17, 15) is 4.79 Å². The lowest BCUT2D eigenvalue weighted by molar-refractivity contribution is -0.116. The van der Waals surface area contributed by atoms with Crippen LogP contribution in [0.15, 0.2) is 42.5 Å². The first-order valence-corrected chi connectivity index (χ1v) is 9.79. The molecule has 1 aliphatic heterocycles. The van der Waals surface area contributed by atoms with E-state index in [1.54, 1.807) is 7.11 Å². The summed E-state index contributed by atoms with van der Waals surface area (Å²) < 4.78 is 5.50. The molecule has 2 aromatic rings. The molecule has 0 aromatic heterocycles. The molecule has 0 spiro atoms. The van der Waals surface area contributed by atoms with Crippen molar-refractivity contribution in [3.05, 3.63) is 59.2 Å². The van der Waals surface area contributed by atoms with E-state index in [0.29, 0.717) is 12.5 Å². The summed E-state index contributed by atoms with van der Waals surface area (Å²) in [4.78, 5) is 14.6. The predicted octanol–water partition coefficient (Wildman–Crippen LogP) is 4.49. The van der Waals surface area contributed by atoms with Crippen LogP contribution in [-0.4, -0.2) is 32.2 Å². The number of carbonyl (C=O) groups is 1. The Bertz CT molecular complexity index is 770. The van der Waals surface area contributed by atoms with Crippen LogP contribution in [0.2, 0.25) is 0 Å². The SMILES string of the molecule is COC1CCCN(c2ccc(NC(=O)CCc3ccc(C)c(C)c3)cc2)C1. The highest BCUT2D eigenvalue weighted by Gasteiger charge is 2.19. The van der Waals surface area contributed by atoms with Gasteiger partial charge >= 0.3 is 0 Å². The number of hydrogen-bond acceptors (Lipinski definition) is 3. The predicted molar refractivity (Wildman–Crippen MR) is 112 cm³/mol. The number of anilines is 2. The van der Waals surface area contributed by atoms with Crippen molar-refractivity contribution in [3.8, 4) is 0 Å². The first-order chi connectivity index (χ1) is 13.0. The molecule has 1 aliphatic rings. The van der Waals surface area contributed by atoms with Crippen LogP contribution in [0.25, 0.3) is 0 Å². The summed E-state index contributed by atoms with van der Waals surface area (Å²) in [7, 11) is 1.78. The van der Waals surface area contributed by atoms with Crippen molar-refractivity contribution in [1.82, 2.24) is 0 Å². The number of amides is 1. The molecule has 1 atom stereocenters. The molecule has 0 bridgehead atoms. The number of rotatable bonds is 6. The maximum atomic E-state index is 12.3. The quantitative estimate of drug-likeness (QED) is 0.819. The molecule has 4 nitrogen and oxygen atoms in total. The Morgan fingerprint density at radius 3 is 2.63 bits per heavy atom. The van der Waals surface area contributed by atoms with Crippen LogP contribution < -0.4 is 10.2 Å². The molecule has 0 radical (unpaired) electrons. The maximum absolute atomic E-state index is 12.3. The van der Waals surface area contributed by atoms with Gasteiger partial charge in [-0.15, -0.1) is 0 Å². The van der Waals surface area contributed by atoms with Crippen molar-refractivity contribution in [1.29, 1.82) is 0 Å². The third-order valence-corrected chi connectivity index (χ3v) is 5.44. The maximum Gasteiger partial charge on any atom is 0.224 e. The van der Waals surface area contributed by atoms with E-state index < -0.39 is 0 Å². The summed E-state index contributed by atoms with van der Waals surface area (Å²) >= 11 is 0. The van der Waals surface area contributed by atoms with Crippen molar-refractivity contribution in [2.24, 2.45) is 0 Å². The summed E-state index contributed by atoms with van der Waals surface area (Å²) in [5.74, 6) is 0.0541. The highest BCUT2D eigenvalue weighted by atomic mass is 16.5. The van der Waals surface area contributed by atoms with E-state index >= 15 is 0 Å². The summed E-state index contributed by atoms with van der Waals surface area (Å²) in [6, 6.07) is 14.5. The van der Waals surface area contributed by atoms with E-state index in [4.69, 9.17) is 4.74 Å². The van der Waals surface area contributed by atoms with Crippen LogP contribution in [0.5, 0.6) is 0 Å².